The Morgan fingerprint density at radius 3 is 1.95 bits per heavy atom. The normalized spacial score (nSPS) is 16.1. The molecule has 1 aliphatic carbocycles. The van der Waals surface area contributed by atoms with Gasteiger partial charge in [-0.15, -0.1) is 0 Å². The van der Waals surface area contributed by atoms with E-state index in [0.29, 0.717) is 39.6 Å². The van der Waals surface area contributed by atoms with Crippen molar-refractivity contribution >= 4 is 0 Å². The number of nitrogens with one attached hydrogen (secondary N) is 1. The van der Waals surface area contributed by atoms with Crippen LogP contribution >= 0.6 is 0 Å². The van der Waals surface area contributed by atoms with Crippen LogP contribution in [0.1, 0.15) is 25.7 Å². The zero-order valence-corrected chi connectivity index (χ0v) is 12.9. The monoisotopic (exact) mass is 289 g/mol. The minimum atomic E-state index is 0.617. The van der Waals surface area contributed by atoms with Crippen molar-refractivity contribution in [2.45, 2.75) is 25.7 Å². The number of methoxy groups -OCH3 is 1. The molecular formula is C15H31NO4. The second kappa shape index (κ2) is 13.8. The highest BCUT2D eigenvalue weighted by Gasteiger charge is 2.13. The summed E-state index contributed by atoms with van der Waals surface area (Å²) in [6.07, 6.45) is 5.62. The smallest absolute Gasteiger partial charge is 0.0701 e. The van der Waals surface area contributed by atoms with Crippen LogP contribution in [0.15, 0.2) is 0 Å². The lowest BCUT2D eigenvalue weighted by molar-refractivity contribution is 0.00406. The second-order valence-corrected chi connectivity index (χ2v) is 5.18. The summed E-state index contributed by atoms with van der Waals surface area (Å²) in [4.78, 5) is 0. The van der Waals surface area contributed by atoms with Crippen LogP contribution in [-0.2, 0) is 18.9 Å². The molecule has 0 atom stereocenters. The topological polar surface area (TPSA) is 49.0 Å². The maximum atomic E-state index is 5.50. The summed E-state index contributed by atoms with van der Waals surface area (Å²) in [7, 11) is 1.67. The zero-order chi connectivity index (χ0) is 14.3. The third-order valence-electron chi connectivity index (χ3n) is 3.51. The van der Waals surface area contributed by atoms with Gasteiger partial charge in [0.2, 0.25) is 0 Å². The fourth-order valence-electron chi connectivity index (χ4n) is 2.35. The van der Waals surface area contributed by atoms with Crippen molar-refractivity contribution in [2.24, 2.45) is 5.92 Å². The Morgan fingerprint density at radius 1 is 0.800 bits per heavy atom. The van der Waals surface area contributed by atoms with Crippen LogP contribution in [-0.4, -0.2) is 66.4 Å². The minimum absolute atomic E-state index is 0.617. The molecule has 5 heteroatoms. The van der Waals surface area contributed by atoms with E-state index in [1.165, 1.54) is 25.7 Å². The number of hydrogen-bond acceptors (Lipinski definition) is 5. The Morgan fingerprint density at radius 2 is 1.35 bits per heavy atom. The van der Waals surface area contributed by atoms with E-state index in [0.717, 1.165) is 25.6 Å². The largest absolute Gasteiger partial charge is 0.382 e. The Labute approximate surface area is 123 Å². The Hall–Kier alpha value is -0.200. The van der Waals surface area contributed by atoms with Crippen LogP contribution in [0.4, 0.5) is 0 Å². The summed E-state index contributed by atoms with van der Waals surface area (Å²) in [5.41, 5.74) is 0. The lowest BCUT2D eigenvalue weighted by Crippen LogP contribution is -2.25. The fourth-order valence-corrected chi connectivity index (χ4v) is 2.35. The van der Waals surface area contributed by atoms with E-state index in [-0.39, 0.29) is 0 Å². The van der Waals surface area contributed by atoms with E-state index < -0.39 is 0 Å². The van der Waals surface area contributed by atoms with Gasteiger partial charge in [-0.05, 0) is 25.3 Å². The SMILES string of the molecule is COCCOCCOCCOCCNCC1CCCC1. The third kappa shape index (κ3) is 10.6. The van der Waals surface area contributed by atoms with Crippen molar-refractivity contribution in [3.63, 3.8) is 0 Å². The molecule has 0 spiro atoms. The van der Waals surface area contributed by atoms with Crippen molar-refractivity contribution in [1.29, 1.82) is 0 Å². The first kappa shape index (κ1) is 17.9. The molecule has 1 N–H and O–H groups in total. The van der Waals surface area contributed by atoms with E-state index in [9.17, 15) is 0 Å². The molecule has 5 nitrogen and oxygen atoms in total. The molecule has 120 valence electrons. The van der Waals surface area contributed by atoms with E-state index in [1.54, 1.807) is 7.11 Å². The molecule has 0 amide bonds. The molecule has 1 aliphatic rings. The molecule has 0 saturated heterocycles. The van der Waals surface area contributed by atoms with Gasteiger partial charge in [0, 0.05) is 13.7 Å². The van der Waals surface area contributed by atoms with E-state index >= 15 is 0 Å². The van der Waals surface area contributed by atoms with Gasteiger partial charge < -0.3 is 24.3 Å². The van der Waals surface area contributed by atoms with Crippen LogP contribution in [0, 0.1) is 5.92 Å². The molecule has 0 aromatic rings. The highest BCUT2D eigenvalue weighted by Crippen LogP contribution is 2.23. The summed E-state index contributed by atoms with van der Waals surface area (Å²) < 4.78 is 21.0. The van der Waals surface area contributed by atoms with Crippen molar-refractivity contribution in [3.05, 3.63) is 0 Å². The van der Waals surface area contributed by atoms with Crippen LogP contribution in [0.2, 0.25) is 0 Å². The predicted molar refractivity (Wildman–Crippen MR) is 79.2 cm³/mol. The van der Waals surface area contributed by atoms with Crippen LogP contribution in [0.25, 0.3) is 0 Å². The molecule has 0 bridgehead atoms. The second-order valence-electron chi connectivity index (χ2n) is 5.18. The molecule has 0 aliphatic heterocycles. The van der Waals surface area contributed by atoms with E-state index in [4.69, 9.17) is 18.9 Å². The maximum absolute atomic E-state index is 5.50. The fraction of sp³-hybridized carbons (Fsp3) is 1.00. The maximum Gasteiger partial charge on any atom is 0.0701 e. The molecule has 0 heterocycles. The number of hydrogen-bond donors (Lipinski definition) is 1. The minimum Gasteiger partial charge on any atom is -0.382 e. The summed E-state index contributed by atoms with van der Waals surface area (Å²) >= 11 is 0. The van der Waals surface area contributed by atoms with Gasteiger partial charge in [0.25, 0.3) is 0 Å². The van der Waals surface area contributed by atoms with Gasteiger partial charge in [-0.3, -0.25) is 0 Å². The first-order valence-electron chi connectivity index (χ1n) is 7.86. The van der Waals surface area contributed by atoms with Gasteiger partial charge in [-0.1, -0.05) is 12.8 Å². The highest BCUT2D eigenvalue weighted by atomic mass is 16.6. The van der Waals surface area contributed by atoms with E-state index in [2.05, 4.69) is 5.32 Å². The van der Waals surface area contributed by atoms with Gasteiger partial charge in [0.1, 0.15) is 0 Å². The molecule has 1 rings (SSSR count). The first-order valence-corrected chi connectivity index (χ1v) is 7.86. The van der Waals surface area contributed by atoms with Gasteiger partial charge in [0.05, 0.1) is 46.2 Å². The molecule has 20 heavy (non-hydrogen) atoms. The highest BCUT2D eigenvalue weighted by molar-refractivity contribution is 4.69. The quantitative estimate of drug-likeness (QED) is 0.491. The molecule has 1 saturated carbocycles. The van der Waals surface area contributed by atoms with Crippen molar-refractivity contribution in [2.75, 3.05) is 66.4 Å². The van der Waals surface area contributed by atoms with Crippen molar-refractivity contribution in [1.82, 2.24) is 5.32 Å². The van der Waals surface area contributed by atoms with E-state index in [1.807, 2.05) is 0 Å². The average molecular weight is 289 g/mol. The summed E-state index contributed by atoms with van der Waals surface area (Å²) in [5.74, 6) is 0.899. The summed E-state index contributed by atoms with van der Waals surface area (Å²) in [6.45, 7) is 6.65. The van der Waals surface area contributed by atoms with Crippen molar-refractivity contribution < 1.29 is 18.9 Å². The molecule has 0 aromatic carbocycles. The van der Waals surface area contributed by atoms with Gasteiger partial charge in [-0.25, -0.2) is 0 Å². The molecule has 0 unspecified atom stereocenters. The van der Waals surface area contributed by atoms with Gasteiger partial charge in [0.15, 0.2) is 0 Å². The predicted octanol–water partition coefficient (Wildman–Crippen LogP) is 1.46. The molecule has 1 fully saturated rings. The van der Waals surface area contributed by atoms with Crippen LogP contribution in [0.3, 0.4) is 0 Å². The Kier molecular flexibility index (Phi) is 12.3. The summed E-state index contributed by atoms with van der Waals surface area (Å²) in [5, 5.41) is 3.46. The third-order valence-corrected chi connectivity index (χ3v) is 3.51. The van der Waals surface area contributed by atoms with Crippen LogP contribution < -0.4 is 5.32 Å². The average Bonchev–Trinajstić information content (AvgIpc) is 2.97. The summed E-state index contributed by atoms with van der Waals surface area (Å²) in [6, 6.07) is 0. The molecule has 0 radical (unpaired) electrons. The van der Waals surface area contributed by atoms with Crippen LogP contribution in [0.5, 0.6) is 0 Å². The standard InChI is InChI=1S/C15H31NO4/c1-17-8-9-19-12-13-20-11-10-18-7-6-16-14-15-4-2-3-5-15/h15-16H,2-14H2,1H3. The number of ether oxygens (including phenoxy) is 4. The Bertz CT molecular complexity index is 198. The Balaban J connectivity index is 1.66. The lowest BCUT2D eigenvalue weighted by atomic mass is 10.1. The lowest BCUT2D eigenvalue weighted by Gasteiger charge is -2.10. The first-order chi connectivity index (χ1) is 9.93. The van der Waals surface area contributed by atoms with Gasteiger partial charge >= 0.3 is 0 Å². The molecular weight excluding hydrogens is 258 g/mol. The molecule has 0 aromatic heterocycles. The number of rotatable bonds is 14. The van der Waals surface area contributed by atoms with Gasteiger partial charge in [-0.2, -0.15) is 0 Å². The zero-order valence-electron chi connectivity index (χ0n) is 12.9. The van der Waals surface area contributed by atoms with Crippen molar-refractivity contribution in [3.8, 4) is 0 Å².